The fraction of sp³-hybridized carbons (Fsp3) is 0.480. The minimum absolute atomic E-state index is 0.0127. The highest BCUT2D eigenvalue weighted by molar-refractivity contribution is 6.36. The minimum atomic E-state index is -0.742. The van der Waals surface area contributed by atoms with Gasteiger partial charge in [0, 0.05) is 39.2 Å². The van der Waals surface area contributed by atoms with Crippen LogP contribution in [0.25, 0.3) is 0 Å². The number of carboxylic acids is 1. The lowest BCUT2D eigenvalue weighted by atomic mass is 9.74. The molecule has 1 aliphatic carbocycles. The number of carboxylic acid groups (broad SMARTS) is 1. The molecule has 2 fully saturated rings. The molecule has 2 aliphatic heterocycles. The second kappa shape index (κ2) is 8.77. The van der Waals surface area contributed by atoms with Crippen molar-refractivity contribution in [2.75, 3.05) is 26.2 Å². The van der Waals surface area contributed by atoms with Gasteiger partial charge in [0.15, 0.2) is 0 Å². The zero-order valence-corrected chi connectivity index (χ0v) is 19.4. The molecule has 0 aromatic heterocycles. The zero-order valence-electron chi connectivity index (χ0n) is 17.9. The second-order valence-electron chi connectivity index (χ2n) is 9.24. The second-order valence-corrected chi connectivity index (χ2v) is 10.1. The molecule has 0 bridgehead atoms. The Balaban J connectivity index is 1.23. The predicted octanol–water partition coefficient (Wildman–Crippen LogP) is 5.65. The molecule has 0 radical (unpaired) electrons. The number of aliphatic carboxylic acids is 1. The van der Waals surface area contributed by atoms with E-state index in [2.05, 4.69) is 11.0 Å². The summed E-state index contributed by atoms with van der Waals surface area (Å²) < 4.78 is 12.1. The SMILES string of the molecule is O=C(O)CCN1CCC2(CC1)COc1cc(OCc3c(Cl)cc(C4CC4)cc3Cl)ccc12. The Kier molecular flexibility index (Phi) is 5.99. The Hall–Kier alpha value is -1.95. The van der Waals surface area contributed by atoms with Gasteiger partial charge in [0.25, 0.3) is 0 Å². The molecule has 1 saturated heterocycles. The molecule has 5 nitrogen and oxygen atoms in total. The summed E-state index contributed by atoms with van der Waals surface area (Å²) in [5, 5.41) is 10.2. The number of halogens is 2. The lowest BCUT2D eigenvalue weighted by Crippen LogP contribution is -2.44. The molecular formula is C25H27Cl2NO4. The van der Waals surface area contributed by atoms with Crippen molar-refractivity contribution in [1.29, 1.82) is 0 Å². The van der Waals surface area contributed by atoms with Gasteiger partial charge in [-0.2, -0.15) is 0 Å². The molecule has 1 spiro atoms. The van der Waals surface area contributed by atoms with E-state index in [4.69, 9.17) is 37.8 Å². The summed E-state index contributed by atoms with van der Waals surface area (Å²) in [4.78, 5) is 13.1. The Labute approximate surface area is 198 Å². The van der Waals surface area contributed by atoms with Gasteiger partial charge in [-0.05, 0) is 68.5 Å². The van der Waals surface area contributed by atoms with Crippen molar-refractivity contribution < 1.29 is 19.4 Å². The molecule has 1 saturated carbocycles. The first kappa shape index (κ1) is 21.9. The normalized spacial score (nSPS) is 19.6. The third-order valence-corrected chi connectivity index (χ3v) is 7.75. The van der Waals surface area contributed by atoms with Crippen LogP contribution < -0.4 is 9.47 Å². The van der Waals surface area contributed by atoms with E-state index < -0.39 is 5.97 Å². The number of fused-ring (bicyclic) bond motifs is 2. The third-order valence-electron chi connectivity index (χ3n) is 7.08. The van der Waals surface area contributed by atoms with E-state index in [1.165, 1.54) is 24.0 Å². The van der Waals surface area contributed by atoms with Gasteiger partial charge in [-0.3, -0.25) is 4.79 Å². The maximum Gasteiger partial charge on any atom is 0.304 e. The van der Waals surface area contributed by atoms with Crippen LogP contribution in [0.2, 0.25) is 10.0 Å². The number of hydrogen-bond acceptors (Lipinski definition) is 4. The number of nitrogens with zero attached hydrogens (tertiary/aromatic N) is 1. The summed E-state index contributed by atoms with van der Waals surface area (Å²) >= 11 is 13.0. The number of hydrogen-bond donors (Lipinski definition) is 1. The van der Waals surface area contributed by atoms with Crippen LogP contribution in [-0.2, 0) is 16.8 Å². The third kappa shape index (κ3) is 4.43. The number of carbonyl (C=O) groups is 1. The molecule has 1 N–H and O–H groups in total. The van der Waals surface area contributed by atoms with Crippen LogP contribution >= 0.6 is 23.2 Å². The molecule has 170 valence electrons. The van der Waals surface area contributed by atoms with Gasteiger partial charge < -0.3 is 19.5 Å². The van der Waals surface area contributed by atoms with Crippen LogP contribution in [-0.4, -0.2) is 42.2 Å². The molecule has 2 aromatic carbocycles. The van der Waals surface area contributed by atoms with Gasteiger partial charge in [-0.25, -0.2) is 0 Å². The van der Waals surface area contributed by atoms with Crippen LogP contribution in [0.4, 0.5) is 0 Å². The van der Waals surface area contributed by atoms with E-state index in [1.54, 1.807) is 0 Å². The summed E-state index contributed by atoms with van der Waals surface area (Å²) in [7, 11) is 0. The molecule has 32 heavy (non-hydrogen) atoms. The van der Waals surface area contributed by atoms with E-state index in [1.807, 2.05) is 24.3 Å². The topological polar surface area (TPSA) is 59.0 Å². The molecule has 7 heteroatoms. The van der Waals surface area contributed by atoms with Crippen molar-refractivity contribution in [3.8, 4) is 11.5 Å². The van der Waals surface area contributed by atoms with E-state index >= 15 is 0 Å². The van der Waals surface area contributed by atoms with E-state index in [0.29, 0.717) is 35.7 Å². The predicted molar refractivity (Wildman–Crippen MR) is 124 cm³/mol. The van der Waals surface area contributed by atoms with Crippen LogP contribution in [0.15, 0.2) is 30.3 Å². The van der Waals surface area contributed by atoms with Gasteiger partial charge in [0.05, 0.1) is 13.0 Å². The molecule has 3 aliphatic rings. The van der Waals surface area contributed by atoms with Crippen LogP contribution in [0, 0.1) is 0 Å². The Morgan fingerprint density at radius 1 is 1.16 bits per heavy atom. The van der Waals surface area contributed by atoms with Crippen LogP contribution in [0.3, 0.4) is 0 Å². The van der Waals surface area contributed by atoms with Gasteiger partial charge in [-0.1, -0.05) is 29.3 Å². The monoisotopic (exact) mass is 475 g/mol. The Morgan fingerprint density at radius 2 is 1.88 bits per heavy atom. The highest BCUT2D eigenvalue weighted by Gasteiger charge is 2.43. The number of piperidine rings is 1. The maximum absolute atomic E-state index is 10.8. The quantitative estimate of drug-likeness (QED) is 0.560. The lowest BCUT2D eigenvalue weighted by Gasteiger charge is -2.38. The fourth-order valence-corrected chi connectivity index (χ4v) is 5.50. The number of rotatable bonds is 7. The molecule has 0 unspecified atom stereocenters. The summed E-state index contributed by atoms with van der Waals surface area (Å²) in [5.41, 5.74) is 3.27. The highest BCUT2D eigenvalue weighted by atomic mass is 35.5. The first-order valence-corrected chi connectivity index (χ1v) is 12.0. The summed E-state index contributed by atoms with van der Waals surface area (Å²) in [6.45, 7) is 3.37. The van der Waals surface area contributed by atoms with Crippen molar-refractivity contribution in [2.24, 2.45) is 0 Å². The lowest BCUT2D eigenvalue weighted by molar-refractivity contribution is -0.137. The smallest absolute Gasteiger partial charge is 0.304 e. The molecule has 2 heterocycles. The largest absolute Gasteiger partial charge is 0.492 e. The number of likely N-dealkylation sites (tertiary alicyclic amines) is 1. The van der Waals surface area contributed by atoms with Gasteiger partial charge in [0.2, 0.25) is 0 Å². The number of ether oxygens (including phenoxy) is 2. The van der Waals surface area contributed by atoms with Crippen molar-refractivity contribution in [2.45, 2.75) is 50.0 Å². The zero-order chi connectivity index (χ0) is 22.3. The maximum atomic E-state index is 10.8. The average molecular weight is 476 g/mol. The van der Waals surface area contributed by atoms with E-state index in [0.717, 1.165) is 43.0 Å². The summed E-state index contributed by atoms with van der Waals surface area (Å²) in [5.74, 6) is 1.47. The van der Waals surface area contributed by atoms with Crippen molar-refractivity contribution in [3.63, 3.8) is 0 Å². The molecule has 5 rings (SSSR count). The molecule has 0 amide bonds. The summed E-state index contributed by atoms with van der Waals surface area (Å²) in [6, 6.07) is 10.1. The van der Waals surface area contributed by atoms with E-state index in [9.17, 15) is 4.79 Å². The highest BCUT2D eigenvalue weighted by Crippen LogP contribution is 2.47. The van der Waals surface area contributed by atoms with Crippen molar-refractivity contribution >= 4 is 29.2 Å². The molecule has 2 aromatic rings. The van der Waals surface area contributed by atoms with E-state index in [-0.39, 0.29) is 11.8 Å². The van der Waals surface area contributed by atoms with Crippen LogP contribution in [0.5, 0.6) is 11.5 Å². The standard InChI is InChI=1S/C25H27Cl2NO4/c26-21-11-17(16-1-2-16)12-22(27)19(21)14-31-18-3-4-20-23(13-18)32-15-25(20)6-9-28(10-7-25)8-5-24(29)30/h3-4,11-13,16H,1-2,5-10,14-15H2,(H,29,30). The van der Waals surface area contributed by atoms with Crippen molar-refractivity contribution in [3.05, 3.63) is 57.1 Å². The summed E-state index contributed by atoms with van der Waals surface area (Å²) in [6.07, 6.45) is 4.55. The van der Waals surface area contributed by atoms with Gasteiger partial charge in [-0.15, -0.1) is 0 Å². The minimum Gasteiger partial charge on any atom is -0.492 e. The van der Waals surface area contributed by atoms with Crippen molar-refractivity contribution in [1.82, 2.24) is 4.90 Å². The Morgan fingerprint density at radius 3 is 2.53 bits per heavy atom. The molecular weight excluding hydrogens is 449 g/mol. The first-order chi connectivity index (χ1) is 15.4. The van der Waals surface area contributed by atoms with Gasteiger partial charge in [0.1, 0.15) is 18.1 Å². The Bertz CT molecular complexity index is 1010. The average Bonchev–Trinajstić information content (AvgIpc) is 3.57. The molecule has 0 atom stereocenters. The van der Waals surface area contributed by atoms with Crippen LogP contribution in [0.1, 0.15) is 54.7 Å². The number of benzene rings is 2. The fourth-order valence-electron chi connectivity index (χ4n) is 4.88. The first-order valence-electron chi connectivity index (χ1n) is 11.3. The van der Waals surface area contributed by atoms with Gasteiger partial charge >= 0.3 is 5.97 Å².